The van der Waals surface area contributed by atoms with E-state index in [1.165, 1.54) is 11.3 Å². The van der Waals surface area contributed by atoms with Crippen molar-refractivity contribution in [2.75, 3.05) is 0 Å². The van der Waals surface area contributed by atoms with Crippen LogP contribution in [0.5, 0.6) is 0 Å². The smallest absolute Gasteiger partial charge is 0.195 e. The first kappa shape index (κ1) is 11.7. The number of hydrogen-bond donors (Lipinski definition) is 0. The van der Waals surface area contributed by atoms with Gasteiger partial charge in [-0.25, -0.2) is 0 Å². The standard InChI is InChI=1S/C15H10N2OS/c18-14(15-2-1-9-19-15)6-4-11-3-5-12-13(10-11)17-8-7-16-12/h1-10H/b6-4-. The minimum atomic E-state index is 0.0224. The fraction of sp³-hybridized carbons (Fsp3) is 0. The first-order valence-electron chi connectivity index (χ1n) is 5.79. The fourth-order valence-corrected chi connectivity index (χ4v) is 2.40. The Labute approximate surface area is 114 Å². The third-order valence-corrected chi connectivity index (χ3v) is 3.57. The molecule has 0 atom stereocenters. The molecule has 0 fully saturated rings. The predicted molar refractivity (Wildman–Crippen MR) is 77.2 cm³/mol. The maximum Gasteiger partial charge on any atom is 0.195 e. The minimum Gasteiger partial charge on any atom is -0.288 e. The van der Waals surface area contributed by atoms with Gasteiger partial charge in [0.2, 0.25) is 0 Å². The normalized spacial score (nSPS) is 11.2. The van der Waals surface area contributed by atoms with Crippen LogP contribution in [0.15, 0.2) is 54.2 Å². The Morgan fingerprint density at radius 1 is 1.11 bits per heavy atom. The number of ketones is 1. The van der Waals surface area contributed by atoms with Crippen LogP contribution < -0.4 is 0 Å². The molecular formula is C15H10N2OS. The topological polar surface area (TPSA) is 42.9 Å². The largest absolute Gasteiger partial charge is 0.288 e. The molecule has 0 N–H and O–H groups in total. The van der Waals surface area contributed by atoms with Crippen LogP contribution in [0.4, 0.5) is 0 Å². The average molecular weight is 266 g/mol. The lowest BCUT2D eigenvalue weighted by atomic mass is 10.1. The maximum atomic E-state index is 11.8. The van der Waals surface area contributed by atoms with E-state index in [0.717, 1.165) is 21.5 Å². The number of carbonyl (C=O) groups excluding carboxylic acids is 1. The average Bonchev–Trinajstić information content (AvgIpc) is 2.99. The molecule has 3 nitrogen and oxygen atoms in total. The van der Waals surface area contributed by atoms with Gasteiger partial charge in [0.25, 0.3) is 0 Å². The van der Waals surface area contributed by atoms with Crippen LogP contribution in [0.25, 0.3) is 17.1 Å². The summed E-state index contributed by atoms with van der Waals surface area (Å²) in [6, 6.07) is 9.44. The Morgan fingerprint density at radius 2 is 1.95 bits per heavy atom. The van der Waals surface area contributed by atoms with Gasteiger partial charge in [-0.15, -0.1) is 11.3 Å². The molecule has 3 aromatic rings. The first-order valence-corrected chi connectivity index (χ1v) is 6.67. The van der Waals surface area contributed by atoms with E-state index in [-0.39, 0.29) is 5.78 Å². The second kappa shape index (κ2) is 5.12. The highest BCUT2D eigenvalue weighted by molar-refractivity contribution is 7.12. The molecule has 0 saturated heterocycles. The van der Waals surface area contributed by atoms with Gasteiger partial charge >= 0.3 is 0 Å². The van der Waals surface area contributed by atoms with Crippen molar-refractivity contribution in [2.24, 2.45) is 0 Å². The van der Waals surface area contributed by atoms with Crippen molar-refractivity contribution >= 4 is 34.2 Å². The summed E-state index contributed by atoms with van der Waals surface area (Å²) in [5, 5.41) is 1.90. The van der Waals surface area contributed by atoms with Gasteiger partial charge in [-0.3, -0.25) is 14.8 Å². The summed E-state index contributed by atoms with van der Waals surface area (Å²) in [6.45, 7) is 0. The van der Waals surface area contributed by atoms with E-state index in [1.54, 1.807) is 24.5 Å². The number of aromatic nitrogens is 2. The number of benzene rings is 1. The van der Waals surface area contributed by atoms with E-state index in [2.05, 4.69) is 9.97 Å². The van der Waals surface area contributed by atoms with Crippen LogP contribution in [-0.4, -0.2) is 15.8 Å². The van der Waals surface area contributed by atoms with Crippen molar-refractivity contribution in [2.45, 2.75) is 0 Å². The molecule has 1 aromatic carbocycles. The molecule has 2 aromatic heterocycles. The number of carbonyl (C=O) groups is 1. The molecule has 19 heavy (non-hydrogen) atoms. The maximum absolute atomic E-state index is 11.8. The van der Waals surface area contributed by atoms with Crippen LogP contribution >= 0.6 is 11.3 Å². The highest BCUT2D eigenvalue weighted by atomic mass is 32.1. The predicted octanol–water partition coefficient (Wildman–Crippen LogP) is 3.59. The molecule has 0 saturated carbocycles. The molecule has 0 radical (unpaired) electrons. The van der Waals surface area contributed by atoms with Crippen LogP contribution in [0.1, 0.15) is 15.2 Å². The zero-order chi connectivity index (χ0) is 13.1. The Kier molecular flexibility index (Phi) is 3.16. The third kappa shape index (κ3) is 2.58. The quantitative estimate of drug-likeness (QED) is 0.537. The molecule has 0 bridgehead atoms. The summed E-state index contributed by atoms with van der Waals surface area (Å²) in [5.41, 5.74) is 2.62. The monoisotopic (exact) mass is 266 g/mol. The van der Waals surface area contributed by atoms with Crippen LogP contribution in [0.3, 0.4) is 0 Å². The number of nitrogens with zero attached hydrogens (tertiary/aromatic N) is 2. The van der Waals surface area contributed by atoms with Crippen LogP contribution in [-0.2, 0) is 0 Å². The van der Waals surface area contributed by atoms with Gasteiger partial charge in [-0.1, -0.05) is 18.2 Å². The number of rotatable bonds is 3. The van der Waals surface area contributed by atoms with Crippen LogP contribution in [0.2, 0.25) is 0 Å². The van der Waals surface area contributed by atoms with E-state index >= 15 is 0 Å². The minimum absolute atomic E-state index is 0.0224. The summed E-state index contributed by atoms with van der Waals surface area (Å²) >= 11 is 1.45. The molecular weight excluding hydrogens is 256 g/mol. The fourth-order valence-electron chi connectivity index (χ4n) is 1.76. The molecule has 0 amide bonds. The first-order chi connectivity index (χ1) is 9.33. The molecule has 4 heteroatoms. The van der Waals surface area contributed by atoms with Gasteiger partial charge in [0.1, 0.15) is 0 Å². The summed E-state index contributed by atoms with van der Waals surface area (Å²) in [6.07, 6.45) is 6.71. The number of hydrogen-bond acceptors (Lipinski definition) is 4. The summed E-state index contributed by atoms with van der Waals surface area (Å²) < 4.78 is 0. The van der Waals surface area contributed by atoms with E-state index < -0.39 is 0 Å². The zero-order valence-electron chi connectivity index (χ0n) is 9.98. The third-order valence-electron chi connectivity index (χ3n) is 2.68. The molecule has 2 heterocycles. The van der Waals surface area contributed by atoms with Gasteiger partial charge in [0, 0.05) is 12.4 Å². The Balaban J connectivity index is 1.87. The van der Waals surface area contributed by atoms with Crippen molar-refractivity contribution in [3.05, 3.63) is 64.6 Å². The lowest BCUT2D eigenvalue weighted by Crippen LogP contribution is -1.89. The Morgan fingerprint density at radius 3 is 2.74 bits per heavy atom. The zero-order valence-corrected chi connectivity index (χ0v) is 10.8. The lowest BCUT2D eigenvalue weighted by Gasteiger charge is -1.97. The van der Waals surface area contributed by atoms with Crippen LogP contribution in [0, 0.1) is 0 Å². The van der Waals surface area contributed by atoms with Crippen molar-refractivity contribution in [1.29, 1.82) is 0 Å². The summed E-state index contributed by atoms with van der Waals surface area (Å²) in [4.78, 5) is 21.0. The Hall–Kier alpha value is -2.33. The molecule has 0 spiro atoms. The second-order valence-electron chi connectivity index (χ2n) is 3.98. The van der Waals surface area contributed by atoms with Crippen molar-refractivity contribution in [1.82, 2.24) is 9.97 Å². The van der Waals surface area contributed by atoms with Gasteiger partial charge in [0.15, 0.2) is 5.78 Å². The SMILES string of the molecule is O=C(/C=C\c1ccc2nccnc2c1)c1cccs1. The highest BCUT2D eigenvalue weighted by Gasteiger charge is 2.02. The summed E-state index contributed by atoms with van der Waals surface area (Å²) in [7, 11) is 0. The van der Waals surface area contributed by atoms with Crippen molar-refractivity contribution in [3.8, 4) is 0 Å². The number of thiophene rings is 1. The van der Waals surface area contributed by atoms with Gasteiger partial charge in [-0.2, -0.15) is 0 Å². The molecule has 0 unspecified atom stereocenters. The van der Waals surface area contributed by atoms with E-state index in [0.29, 0.717) is 0 Å². The van der Waals surface area contributed by atoms with E-state index in [1.807, 2.05) is 35.7 Å². The van der Waals surface area contributed by atoms with Gasteiger partial charge in [0.05, 0.1) is 15.9 Å². The second-order valence-corrected chi connectivity index (χ2v) is 4.93. The number of allylic oxidation sites excluding steroid dienone is 1. The van der Waals surface area contributed by atoms with E-state index in [9.17, 15) is 4.79 Å². The molecule has 0 aliphatic rings. The van der Waals surface area contributed by atoms with E-state index in [4.69, 9.17) is 0 Å². The molecule has 92 valence electrons. The number of fused-ring (bicyclic) bond motifs is 1. The van der Waals surface area contributed by atoms with Gasteiger partial charge < -0.3 is 0 Å². The highest BCUT2D eigenvalue weighted by Crippen LogP contribution is 2.14. The lowest BCUT2D eigenvalue weighted by molar-refractivity contribution is 0.105. The van der Waals surface area contributed by atoms with Crippen molar-refractivity contribution in [3.63, 3.8) is 0 Å². The molecule has 3 rings (SSSR count). The van der Waals surface area contributed by atoms with Gasteiger partial charge in [-0.05, 0) is 35.2 Å². The molecule has 0 aliphatic carbocycles. The molecule has 0 aliphatic heterocycles. The summed E-state index contributed by atoms with van der Waals surface area (Å²) in [5.74, 6) is 0.0224. The Bertz CT molecular complexity index is 748. The van der Waals surface area contributed by atoms with Crippen molar-refractivity contribution < 1.29 is 4.79 Å².